The number of nitrogens with zero attached hydrogens (tertiary/aromatic N) is 3. The molecule has 0 spiro atoms. The van der Waals surface area contributed by atoms with Crippen molar-refractivity contribution in [3.8, 4) is 5.75 Å². The summed E-state index contributed by atoms with van der Waals surface area (Å²) in [6.45, 7) is 17.3. The van der Waals surface area contributed by atoms with E-state index < -0.39 is 0 Å². The molecular weight excluding hydrogens is 434 g/mol. The van der Waals surface area contributed by atoms with Gasteiger partial charge in [0.25, 0.3) is 0 Å². The van der Waals surface area contributed by atoms with Gasteiger partial charge < -0.3 is 24.2 Å². The maximum Gasteiger partial charge on any atom is 0.320 e. The Labute approximate surface area is 206 Å². The smallest absolute Gasteiger partial charge is 0.320 e. The number of urea groups is 1. The number of carbonyl (C=O) groups excluding carboxylic acids is 1. The summed E-state index contributed by atoms with van der Waals surface area (Å²) in [5.74, 6) is 3.53. The van der Waals surface area contributed by atoms with Gasteiger partial charge in [0.1, 0.15) is 5.75 Å². The Morgan fingerprint density at radius 1 is 0.879 bits per heavy atom. The highest BCUT2D eigenvalue weighted by Crippen LogP contribution is 2.28. The molecule has 2 unspecified atom stereocenters. The average molecular weight is 480 g/mol. The Balaban J connectivity index is 0.000000696. The van der Waals surface area contributed by atoms with Gasteiger partial charge in [-0.1, -0.05) is 13.8 Å². The van der Waals surface area contributed by atoms with Gasteiger partial charge in [-0.15, -0.1) is 0 Å². The highest BCUT2D eigenvalue weighted by Gasteiger charge is 2.33. The van der Waals surface area contributed by atoms with Crippen LogP contribution in [-0.4, -0.2) is 85.9 Å². The highest BCUT2D eigenvalue weighted by molar-refractivity contribution is 7.99. The topological polar surface area (TPSA) is 45.3 Å². The molecule has 2 aliphatic rings. The van der Waals surface area contributed by atoms with Crippen LogP contribution >= 0.6 is 11.8 Å². The molecule has 2 atom stereocenters. The highest BCUT2D eigenvalue weighted by atomic mass is 32.2. The molecule has 33 heavy (non-hydrogen) atoms. The first kappa shape index (κ1) is 27.6. The number of carbonyl (C=O) groups is 1. The van der Waals surface area contributed by atoms with E-state index >= 15 is 0 Å². The van der Waals surface area contributed by atoms with Gasteiger partial charge in [-0.25, -0.2) is 4.79 Å². The fourth-order valence-corrected chi connectivity index (χ4v) is 5.27. The Bertz CT molecular complexity index is 665. The number of amides is 2. The van der Waals surface area contributed by atoms with Crippen molar-refractivity contribution >= 4 is 23.5 Å². The number of thioether (sulfide) groups is 1. The second kappa shape index (κ2) is 15.3. The number of ether oxygens (including phenoxy) is 2. The number of hydrogen-bond acceptors (Lipinski definition) is 5. The molecule has 3 rings (SSSR count). The number of anilines is 1. The van der Waals surface area contributed by atoms with E-state index in [2.05, 4.69) is 52.8 Å². The van der Waals surface area contributed by atoms with E-state index in [4.69, 9.17) is 9.47 Å². The van der Waals surface area contributed by atoms with Crippen molar-refractivity contribution < 1.29 is 14.3 Å². The van der Waals surface area contributed by atoms with Crippen LogP contribution in [0.1, 0.15) is 47.5 Å². The van der Waals surface area contributed by atoms with Gasteiger partial charge >= 0.3 is 6.03 Å². The molecular formula is C26H45N3O3S. The third-order valence-corrected chi connectivity index (χ3v) is 7.24. The molecule has 0 aromatic heterocycles. The zero-order chi connectivity index (χ0) is 24.1. The van der Waals surface area contributed by atoms with Gasteiger partial charge in [0.2, 0.25) is 0 Å². The quantitative estimate of drug-likeness (QED) is 0.536. The number of benzene rings is 1. The SMILES string of the molecule is CCOCC.CCOc1ccc(N2CC(CC)CN(C(=O)N3CCSCC3)CC2CC)cc1. The lowest BCUT2D eigenvalue weighted by Gasteiger charge is -2.35. The molecule has 2 fully saturated rings. The van der Waals surface area contributed by atoms with Crippen LogP contribution in [-0.2, 0) is 4.74 Å². The van der Waals surface area contributed by atoms with Crippen molar-refractivity contribution in [2.45, 2.75) is 53.5 Å². The van der Waals surface area contributed by atoms with Gasteiger partial charge in [-0.3, -0.25) is 0 Å². The first-order valence-electron chi connectivity index (χ1n) is 12.8. The van der Waals surface area contributed by atoms with Crippen molar-refractivity contribution in [3.05, 3.63) is 24.3 Å². The summed E-state index contributed by atoms with van der Waals surface area (Å²) in [5.41, 5.74) is 1.23. The van der Waals surface area contributed by atoms with Gasteiger partial charge in [-0.2, -0.15) is 11.8 Å². The minimum absolute atomic E-state index is 0.241. The van der Waals surface area contributed by atoms with Crippen LogP contribution in [0.4, 0.5) is 10.5 Å². The molecule has 2 saturated heterocycles. The second-order valence-electron chi connectivity index (χ2n) is 8.48. The lowest BCUT2D eigenvalue weighted by molar-refractivity contribution is 0.150. The first-order chi connectivity index (χ1) is 16.1. The molecule has 188 valence electrons. The Kier molecular flexibility index (Phi) is 12.8. The van der Waals surface area contributed by atoms with Gasteiger partial charge in [0.15, 0.2) is 0 Å². The zero-order valence-corrected chi connectivity index (χ0v) is 22.2. The molecule has 2 heterocycles. The van der Waals surface area contributed by atoms with E-state index in [0.29, 0.717) is 18.6 Å². The third kappa shape index (κ3) is 8.60. The molecule has 2 aliphatic heterocycles. The summed E-state index contributed by atoms with van der Waals surface area (Å²) in [5, 5.41) is 0. The van der Waals surface area contributed by atoms with Crippen LogP contribution in [0.25, 0.3) is 0 Å². The molecule has 7 heteroatoms. The fourth-order valence-electron chi connectivity index (χ4n) is 4.36. The van der Waals surface area contributed by atoms with E-state index in [1.807, 2.05) is 32.5 Å². The van der Waals surface area contributed by atoms with Crippen LogP contribution < -0.4 is 9.64 Å². The van der Waals surface area contributed by atoms with Crippen molar-refractivity contribution in [3.63, 3.8) is 0 Å². The molecule has 6 nitrogen and oxygen atoms in total. The second-order valence-corrected chi connectivity index (χ2v) is 9.71. The minimum atomic E-state index is 0.241. The van der Waals surface area contributed by atoms with Crippen molar-refractivity contribution in [2.75, 3.05) is 69.0 Å². The average Bonchev–Trinajstić information content (AvgIpc) is 3.05. The molecule has 1 aromatic carbocycles. The number of rotatable bonds is 7. The predicted octanol–water partition coefficient (Wildman–Crippen LogP) is 5.22. The third-order valence-electron chi connectivity index (χ3n) is 6.29. The first-order valence-corrected chi connectivity index (χ1v) is 13.9. The van der Waals surface area contributed by atoms with Crippen molar-refractivity contribution in [2.24, 2.45) is 5.92 Å². The minimum Gasteiger partial charge on any atom is -0.494 e. The van der Waals surface area contributed by atoms with E-state index in [1.54, 1.807) is 0 Å². The predicted molar refractivity (Wildman–Crippen MR) is 141 cm³/mol. The maximum atomic E-state index is 13.2. The maximum absolute atomic E-state index is 13.2. The monoisotopic (exact) mass is 479 g/mol. The van der Waals surface area contributed by atoms with Crippen LogP contribution in [0.2, 0.25) is 0 Å². The Hall–Kier alpha value is -1.60. The zero-order valence-electron chi connectivity index (χ0n) is 21.4. The summed E-state index contributed by atoms with van der Waals surface area (Å²) in [7, 11) is 0. The van der Waals surface area contributed by atoms with E-state index in [0.717, 1.165) is 76.0 Å². The van der Waals surface area contributed by atoms with Crippen LogP contribution in [0, 0.1) is 5.92 Å². The normalized spacial score (nSPS) is 21.2. The summed E-state index contributed by atoms with van der Waals surface area (Å²) in [6.07, 6.45) is 2.12. The standard InChI is InChI=1S/C22H35N3O2S.C4H10O/c1-4-18-15-24(22(26)23-11-13-28-14-12-23)17-19(5-2)25(16-18)20-7-9-21(10-8-20)27-6-3;1-3-5-4-2/h7-10,18-19H,4-6,11-17H2,1-3H3;3-4H2,1-2H3. The lowest BCUT2D eigenvalue weighted by Crippen LogP contribution is -2.50. The van der Waals surface area contributed by atoms with Crippen LogP contribution in [0.3, 0.4) is 0 Å². The molecule has 0 radical (unpaired) electrons. The molecule has 0 saturated carbocycles. The summed E-state index contributed by atoms with van der Waals surface area (Å²) < 4.78 is 10.4. The summed E-state index contributed by atoms with van der Waals surface area (Å²) in [6, 6.07) is 9.04. The van der Waals surface area contributed by atoms with Crippen molar-refractivity contribution in [1.29, 1.82) is 0 Å². The lowest BCUT2D eigenvalue weighted by atomic mass is 10.0. The molecule has 0 bridgehead atoms. The Morgan fingerprint density at radius 2 is 1.55 bits per heavy atom. The van der Waals surface area contributed by atoms with Crippen molar-refractivity contribution in [1.82, 2.24) is 9.80 Å². The largest absolute Gasteiger partial charge is 0.494 e. The summed E-state index contributed by atoms with van der Waals surface area (Å²) >= 11 is 1.95. The van der Waals surface area contributed by atoms with E-state index in [1.165, 1.54) is 5.69 Å². The fraction of sp³-hybridized carbons (Fsp3) is 0.731. The van der Waals surface area contributed by atoms with Gasteiger partial charge in [0.05, 0.1) is 6.61 Å². The number of hydrogen-bond donors (Lipinski definition) is 0. The van der Waals surface area contributed by atoms with E-state index in [9.17, 15) is 4.79 Å². The van der Waals surface area contributed by atoms with Gasteiger partial charge in [0, 0.05) is 69.2 Å². The molecule has 0 N–H and O–H groups in total. The molecule has 0 aliphatic carbocycles. The van der Waals surface area contributed by atoms with E-state index in [-0.39, 0.29) is 6.03 Å². The van der Waals surface area contributed by atoms with Crippen LogP contribution in [0.5, 0.6) is 5.75 Å². The van der Waals surface area contributed by atoms with Crippen LogP contribution in [0.15, 0.2) is 24.3 Å². The summed E-state index contributed by atoms with van der Waals surface area (Å²) in [4.78, 5) is 19.9. The molecule has 1 aromatic rings. The molecule has 2 amide bonds. The van der Waals surface area contributed by atoms with Gasteiger partial charge in [-0.05, 0) is 63.8 Å². The Morgan fingerprint density at radius 3 is 2.06 bits per heavy atom.